The Hall–Kier alpha value is -3.70. The quantitative estimate of drug-likeness (QED) is 0.359. The summed E-state index contributed by atoms with van der Waals surface area (Å²) in [6, 6.07) is 14.3. The first-order valence-corrected chi connectivity index (χ1v) is 14.3. The summed E-state index contributed by atoms with van der Waals surface area (Å²) in [4.78, 5) is 50.1. The monoisotopic (exact) mass is 565 g/mol. The van der Waals surface area contributed by atoms with Crippen LogP contribution in [-0.4, -0.2) is 72.3 Å². The van der Waals surface area contributed by atoms with Crippen LogP contribution in [0.3, 0.4) is 0 Å². The molecule has 10 nitrogen and oxygen atoms in total. The van der Waals surface area contributed by atoms with Crippen LogP contribution in [0.15, 0.2) is 58.5 Å². The van der Waals surface area contributed by atoms with E-state index >= 15 is 0 Å². The molecule has 2 heterocycles. The van der Waals surface area contributed by atoms with Crippen LogP contribution in [0.2, 0.25) is 0 Å². The minimum atomic E-state index is -0.716. The Morgan fingerprint density at radius 3 is 2.65 bits per heavy atom. The van der Waals surface area contributed by atoms with E-state index in [9.17, 15) is 14.4 Å². The Morgan fingerprint density at radius 1 is 1.10 bits per heavy atom. The smallest absolute Gasteiger partial charge is 0.259 e. The van der Waals surface area contributed by atoms with Crippen LogP contribution >= 0.6 is 11.8 Å². The fourth-order valence-electron chi connectivity index (χ4n) is 4.46. The highest BCUT2D eigenvalue weighted by Crippen LogP contribution is 2.35. The number of nitrogens with zero attached hydrogens (tertiary/aromatic N) is 3. The molecule has 2 aromatic rings. The van der Waals surface area contributed by atoms with Crippen molar-refractivity contribution in [1.29, 1.82) is 0 Å². The van der Waals surface area contributed by atoms with E-state index in [2.05, 4.69) is 10.6 Å². The molecular weight excluding hydrogens is 530 g/mol. The molecule has 2 aliphatic rings. The normalized spacial score (nSPS) is 16.4. The standard InChI is InChI=1S/C29H35N5O5S/c1-4-24(27(36)30-16-9-17-38-2)40-29-33-21-12-7-6-11-20(21)26-32-22(28(37)34(26)29)14-15-25(35)31-18-19-10-5-8-13-23(19)39-3/h5-8,10-13,22,24H,4,9,14-18H2,1-3H3,(H,30,36)(H,31,35)/t22-,24-/m1/s1. The maximum Gasteiger partial charge on any atom is 0.259 e. The van der Waals surface area contributed by atoms with Crippen LogP contribution in [0, 0.1) is 0 Å². The third-order valence-electron chi connectivity index (χ3n) is 6.60. The number of rotatable bonds is 13. The van der Waals surface area contributed by atoms with E-state index < -0.39 is 11.3 Å². The molecule has 2 N–H and O–H groups in total. The molecule has 0 spiro atoms. The number of methoxy groups -OCH3 is 2. The number of benzene rings is 2. The number of fused-ring (bicyclic) bond motifs is 3. The lowest BCUT2D eigenvalue weighted by atomic mass is 10.1. The first-order chi connectivity index (χ1) is 19.5. The van der Waals surface area contributed by atoms with Crippen molar-refractivity contribution in [3.05, 3.63) is 59.7 Å². The number of hydrogen-bond donors (Lipinski definition) is 2. The van der Waals surface area contributed by atoms with E-state index in [-0.39, 0.29) is 30.6 Å². The molecular formula is C29H35N5O5S. The predicted octanol–water partition coefficient (Wildman–Crippen LogP) is 3.41. The van der Waals surface area contributed by atoms with Crippen molar-refractivity contribution in [1.82, 2.24) is 15.5 Å². The van der Waals surface area contributed by atoms with Gasteiger partial charge in [-0.2, -0.15) is 0 Å². The van der Waals surface area contributed by atoms with Crippen molar-refractivity contribution < 1.29 is 23.9 Å². The van der Waals surface area contributed by atoms with Crippen molar-refractivity contribution >= 4 is 46.2 Å². The lowest BCUT2D eigenvalue weighted by molar-refractivity contribution is -0.125. The lowest BCUT2D eigenvalue weighted by Crippen LogP contribution is -2.43. The number of aliphatic imine (C=N–C) groups is 2. The average Bonchev–Trinajstić information content (AvgIpc) is 3.32. The van der Waals surface area contributed by atoms with E-state index in [4.69, 9.17) is 19.5 Å². The molecule has 2 aromatic carbocycles. The maximum atomic E-state index is 13.6. The molecule has 4 rings (SSSR count). The topological polar surface area (TPSA) is 122 Å². The number of hydrogen-bond acceptors (Lipinski definition) is 8. The van der Waals surface area contributed by atoms with Crippen LogP contribution in [0.25, 0.3) is 0 Å². The molecule has 3 amide bonds. The predicted molar refractivity (Wildman–Crippen MR) is 156 cm³/mol. The van der Waals surface area contributed by atoms with Gasteiger partial charge in [-0.25, -0.2) is 9.89 Å². The minimum absolute atomic E-state index is 0.112. The zero-order valence-corrected chi connectivity index (χ0v) is 23.8. The van der Waals surface area contributed by atoms with E-state index in [1.165, 1.54) is 16.7 Å². The summed E-state index contributed by atoms with van der Waals surface area (Å²) in [7, 11) is 3.21. The Bertz CT molecular complexity index is 1300. The first-order valence-electron chi connectivity index (χ1n) is 13.4. The Morgan fingerprint density at radius 2 is 1.88 bits per heavy atom. The van der Waals surface area contributed by atoms with E-state index in [1.807, 2.05) is 55.5 Å². The summed E-state index contributed by atoms with van der Waals surface area (Å²) < 4.78 is 10.4. The highest BCUT2D eigenvalue weighted by molar-refractivity contribution is 8.15. The molecule has 0 saturated heterocycles. The summed E-state index contributed by atoms with van der Waals surface area (Å²) in [6.07, 6.45) is 1.67. The van der Waals surface area contributed by atoms with Crippen LogP contribution in [0.5, 0.6) is 5.75 Å². The third-order valence-corrected chi connectivity index (χ3v) is 7.91. The molecule has 2 atom stereocenters. The fourth-order valence-corrected chi connectivity index (χ4v) is 5.50. The summed E-state index contributed by atoms with van der Waals surface area (Å²) in [5.74, 6) is 0.674. The van der Waals surface area contributed by atoms with Crippen molar-refractivity contribution in [3.63, 3.8) is 0 Å². The first kappa shape index (κ1) is 29.3. The second-order valence-electron chi connectivity index (χ2n) is 9.33. The van der Waals surface area contributed by atoms with Gasteiger partial charge in [0.15, 0.2) is 5.17 Å². The molecule has 11 heteroatoms. The minimum Gasteiger partial charge on any atom is -0.496 e. The number of amides is 3. The molecule has 0 aliphatic carbocycles. The second kappa shape index (κ2) is 14.1. The van der Waals surface area contributed by atoms with E-state index in [1.54, 1.807) is 14.2 Å². The summed E-state index contributed by atoms with van der Waals surface area (Å²) in [5.41, 5.74) is 2.31. The van der Waals surface area contributed by atoms with Gasteiger partial charge in [0, 0.05) is 44.4 Å². The molecule has 0 unspecified atom stereocenters. The van der Waals surface area contributed by atoms with Crippen molar-refractivity contribution in [2.75, 3.05) is 27.4 Å². The molecule has 0 aromatic heterocycles. The zero-order chi connectivity index (χ0) is 28.5. The maximum absolute atomic E-state index is 13.6. The molecule has 212 valence electrons. The largest absolute Gasteiger partial charge is 0.496 e. The van der Waals surface area contributed by atoms with Gasteiger partial charge in [-0.1, -0.05) is 49.0 Å². The number of carbonyl (C=O) groups is 3. The van der Waals surface area contributed by atoms with Gasteiger partial charge in [0.1, 0.15) is 17.6 Å². The number of amidine groups is 2. The summed E-state index contributed by atoms with van der Waals surface area (Å²) in [6.45, 7) is 3.33. The van der Waals surface area contributed by atoms with Crippen LogP contribution in [0.4, 0.5) is 5.69 Å². The second-order valence-corrected chi connectivity index (χ2v) is 10.5. The summed E-state index contributed by atoms with van der Waals surface area (Å²) >= 11 is 1.26. The number of nitrogens with one attached hydrogen (secondary N) is 2. The van der Waals surface area contributed by atoms with E-state index in [0.717, 1.165) is 11.1 Å². The Kier molecular flexibility index (Phi) is 10.3. The van der Waals surface area contributed by atoms with Crippen molar-refractivity contribution in [2.24, 2.45) is 9.98 Å². The lowest BCUT2D eigenvalue weighted by Gasteiger charge is -2.27. The van der Waals surface area contributed by atoms with Gasteiger partial charge < -0.3 is 20.1 Å². The fraction of sp³-hybridized carbons (Fsp3) is 0.414. The van der Waals surface area contributed by atoms with Gasteiger partial charge in [-0.3, -0.25) is 19.4 Å². The van der Waals surface area contributed by atoms with Gasteiger partial charge in [-0.05, 0) is 37.5 Å². The molecule has 0 radical (unpaired) electrons. The SMILES string of the molecule is CC[C@@H](SC1=Nc2ccccc2C2=N[C@H](CCC(=O)NCc3ccccc3OC)C(=O)N12)C(=O)NCCCOC. The van der Waals surface area contributed by atoms with E-state index in [0.29, 0.717) is 55.0 Å². The molecule has 40 heavy (non-hydrogen) atoms. The van der Waals surface area contributed by atoms with Gasteiger partial charge >= 0.3 is 0 Å². The number of ether oxygens (including phenoxy) is 2. The van der Waals surface area contributed by atoms with Crippen molar-refractivity contribution in [2.45, 2.75) is 50.4 Å². The highest BCUT2D eigenvalue weighted by Gasteiger charge is 2.42. The molecule has 0 saturated carbocycles. The van der Waals surface area contributed by atoms with Gasteiger partial charge in [0.05, 0.1) is 18.0 Å². The molecule has 0 fully saturated rings. The highest BCUT2D eigenvalue weighted by atomic mass is 32.2. The van der Waals surface area contributed by atoms with Gasteiger partial charge in [0.2, 0.25) is 11.8 Å². The molecule has 0 bridgehead atoms. The Labute approximate surface area is 238 Å². The number of carbonyl (C=O) groups excluding carboxylic acids is 3. The van der Waals surface area contributed by atoms with Gasteiger partial charge in [0.25, 0.3) is 5.91 Å². The van der Waals surface area contributed by atoms with Crippen LogP contribution in [-0.2, 0) is 25.7 Å². The average molecular weight is 566 g/mol. The summed E-state index contributed by atoms with van der Waals surface area (Å²) in [5, 5.41) is 5.83. The van der Waals surface area contributed by atoms with Crippen molar-refractivity contribution in [3.8, 4) is 5.75 Å². The zero-order valence-electron chi connectivity index (χ0n) is 23.0. The van der Waals surface area contributed by atoms with Gasteiger partial charge in [-0.15, -0.1) is 0 Å². The van der Waals surface area contributed by atoms with Crippen LogP contribution in [0.1, 0.15) is 43.7 Å². The van der Waals surface area contributed by atoms with Crippen LogP contribution < -0.4 is 15.4 Å². The molecule has 2 aliphatic heterocycles. The Balaban J connectivity index is 1.43. The number of para-hydroxylation sites is 2. The number of thioether (sulfide) groups is 1. The third kappa shape index (κ3) is 6.89.